The summed E-state index contributed by atoms with van der Waals surface area (Å²) in [4.78, 5) is 3.97. The van der Waals surface area contributed by atoms with Crippen molar-refractivity contribution in [2.75, 3.05) is 13.7 Å². The Morgan fingerprint density at radius 3 is 2.88 bits per heavy atom. The first-order valence-electron chi connectivity index (χ1n) is 5.85. The van der Waals surface area contributed by atoms with E-state index in [0.717, 1.165) is 12.2 Å². The third-order valence-corrected chi connectivity index (χ3v) is 2.65. The van der Waals surface area contributed by atoms with Gasteiger partial charge < -0.3 is 14.8 Å². The van der Waals surface area contributed by atoms with Crippen LogP contribution in [0.4, 0.5) is 0 Å². The van der Waals surface area contributed by atoms with Crippen molar-refractivity contribution in [3.05, 3.63) is 30.3 Å². The summed E-state index contributed by atoms with van der Waals surface area (Å²) in [5, 5.41) is 3.21. The Morgan fingerprint density at radius 2 is 2.24 bits per heavy atom. The van der Waals surface area contributed by atoms with Gasteiger partial charge in [-0.1, -0.05) is 18.2 Å². The Labute approximate surface area is 102 Å². The quantitative estimate of drug-likeness (QED) is 0.864. The van der Waals surface area contributed by atoms with Crippen LogP contribution in [0.2, 0.25) is 0 Å². The molecular formula is C13H18N2O2. The molecule has 1 N–H and O–H groups in total. The van der Waals surface area contributed by atoms with Gasteiger partial charge >= 0.3 is 0 Å². The monoisotopic (exact) mass is 234 g/mol. The SMILES string of the molecule is CN=C1N[C@@H](C[C@@H](C)Oc2ccccc2)CO1. The Balaban J connectivity index is 1.80. The van der Waals surface area contributed by atoms with Crippen LogP contribution in [0.3, 0.4) is 0 Å². The molecule has 0 spiro atoms. The van der Waals surface area contributed by atoms with Gasteiger partial charge in [-0.3, -0.25) is 0 Å². The number of nitrogens with one attached hydrogen (secondary N) is 1. The van der Waals surface area contributed by atoms with Gasteiger partial charge in [0, 0.05) is 13.5 Å². The van der Waals surface area contributed by atoms with Crippen LogP contribution in [0, 0.1) is 0 Å². The van der Waals surface area contributed by atoms with Crippen molar-refractivity contribution in [1.82, 2.24) is 5.32 Å². The molecule has 0 bridgehead atoms. The lowest BCUT2D eigenvalue weighted by molar-refractivity contribution is 0.189. The molecule has 92 valence electrons. The normalized spacial score (nSPS) is 22.9. The average molecular weight is 234 g/mol. The maximum atomic E-state index is 5.81. The van der Waals surface area contributed by atoms with Gasteiger partial charge in [-0.05, 0) is 19.1 Å². The number of hydrogen-bond donors (Lipinski definition) is 1. The molecule has 4 nitrogen and oxygen atoms in total. The number of nitrogens with zero attached hydrogens (tertiary/aromatic N) is 1. The van der Waals surface area contributed by atoms with Crippen LogP contribution in [-0.2, 0) is 4.74 Å². The minimum Gasteiger partial charge on any atom is -0.491 e. The van der Waals surface area contributed by atoms with Gasteiger partial charge in [0.05, 0.1) is 12.1 Å². The molecule has 0 radical (unpaired) electrons. The van der Waals surface area contributed by atoms with E-state index < -0.39 is 0 Å². The largest absolute Gasteiger partial charge is 0.491 e. The average Bonchev–Trinajstić information content (AvgIpc) is 2.78. The fourth-order valence-electron chi connectivity index (χ4n) is 1.87. The van der Waals surface area contributed by atoms with E-state index in [-0.39, 0.29) is 12.1 Å². The summed E-state index contributed by atoms with van der Waals surface area (Å²) < 4.78 is 11.2. The molecule has 1 saturated heterocycles. The molecule has 0 amide bonds. The zero-order valence-electron chi connectivity index (χ0n) is 10.2. The summed E-state index contributed by atoms with van der Waals surface area (Å²) in [6, 6.07) is 10.8. The van der Waals surface area contributed by atoms with Crippen molar-refractivity contribution in [2.45, 2.75) is 25.5 Å². The number of amidine groups is 1. The van der Waals surface area contributed by atoms with E-state index in [1.165, 1.54) is 0 Å². The maximum absolute atomic E-state index is 5.81. The van der Waals surface area contributed by atoms with Crippen molar-refractivity contribution >= 4 is 6.02 Å². The molecule has 4 heteroatoms. The number of aliphatic imine (C=N–C) groups is 1. The first-order valence-corrected chi connectivity index (χ1v) is 5.85. The van der Waals surface area contributed by atoms with E-state index in [9.17, 15) is 0 Å². The van der Waals surface area contributed by atoms with Gasteiger partial charge in [-0.2, -0.15) is 0 Å². The zero-order chi connectivity index (χ0) is 12.1. The third kappa shape index (κ3) is 3.37. The smallest absolute Gasteiger partial charge is 0.284 e. The fourth-order valence-corrected chi connectivity index (χ4v) is 1.87. The second kappa shape index (κ2) is 5.57. The molecule has 1 aromatic carbocycles. The molecule has 1 aliphatic heterocycles. The Hall–Kier alpha value is -1.71. The molecule has 0 unspecified atom stereocenters. The van der Waals surface area contributed by atoms with Gasteiger partial charge in [0.25, 0.3) is 6.02 Å². The highest BCUT2D eigenvalue weighted by Crippen LogP contribution is 2.14. The molecule has 0 aromatic heterocycles. The molecule has 1 fully saturated rings. The molecular weight excluding hydrogens is 216 g/mol. The Bertz CT molecular complexity index is 378. The maximum Gasteiger partial charge on any atom is 0.284 e. The van der Waals surface area contributed by atoms with Crippen molar-refractivity contribution < 1.29 is 9.47 Å². The topological polar surface area (TPSA) is 42.9 Å². The minimum absolute atomic E-state index is 0.148. The predicted octanol–water partition coefficient (Wildman–Crippen LogP) is 1.82. The van der Waals surface area contributed by atoms with Crippen LogP contribution >= 0.6 is 0 Å². The summed E-state index contributed by atoms with van der Waals surface area (Å²) in [6.07, 6.45) is 1.04. The molecule has 2 rings (SSSR count). The van der Waals surface area contributed by atoms with Crippen LogP contribution < -0.4 is 10.1 Å². The van der Waals surface area contributed by atoms with Gasteiger partial charge in [-0.25, -0.2) is 4.99 Å². The number of hydrogen-bond acceptors (Lipinski definition) is 3. The molecule has 0 aliphatic carbocycles. The summed E-state index contributed by atoms with van der Waals surface area (Å²) in [5.41, 5.74) is 0. The van der Waals surface area contributed by atoms with Gasteiger partial charge in [0.2, 0.25) is 0 Å². The first kappa shape index (κ1) is 11.8. The lowest BCUT2D eigenvalue weighted by Crippen LogP contribution is -2.31. The molecule has 17 heavy (non-hydrogen) atoms. The van der Waals surface area contributed by atoms with Gasteiger partial charge in [0.1, 0.15) is 12.4 Å². The molecule has 2 atom stereocenters. The van der Waals surface area contributed by atoms with Crippen LogP contribution in [0.1, 0.15) is 13.3 Å². The Morgan fingerprint density at radius 1 is 1.47 bits per heavy atom. The predicted molar refractivity (Wildman–Crippen MR) is 67.4 cm³/mol. The van der Waals surface area contributed by atoms with Crippen LogP contribution in [0.25, 0.3) is 0 Å². The molecule has 1 heterocycles. The molecule has 1 aromatic rings. The fraction of sp³-hybridized carbons (Fsp3) is 0.462. The summed E-state index contributed by atoms with van der Waals surface area (Å²) in [7, 11) is 1.72. The van der Waals surface area contributed by atoms with Crippen molar-refractivity contribution in [3.63, 3.8) is 0 Å². The number of benzene rings is 1. The van der Waals surface area contributed by atoms with E-state index in [4.69, 9.17) is 9.47 Å². The first-order chi connectivity index (χ1) is 8.28. The molecule has 1 aliphatic rings. The highest BCUT2D eigenvalue weighted by Gasteiger charge is 2.22. The number of para-hydroxylation sites is 1. The van der Waals surface area contributed by atoms with Gasteiger partial charge in [-0.15, -0.1) is 0 Å². The number of ether oxygens (including phenoxy) is 2. The van der Waals surface area contributed by atoms with Crippen molar-refractivity contribution in [1.29, 1.82) is 0 Å². The summed E-state index contributed by atoms with van der Waals surface area (Å²) in [5.74, 6) is 0.906. The van der Waals surface area contributed by atoms with Crippen LogP contribution in [-0.4, -0.2) is 31.8 Å². The standard InChI is InChI=1S/C13H18N2O2/c1-10(17-12-6-4-3-5-7-12)8-11-9-16-13(14-2)15-11/h3-7,10-11H,8-9H2,1-2H3,(H,14,15)/t10-,11+/m1/s1. The van der Waals surface area contributed by atoms with Crippen molar-refractivity contribution in [2.24, 2.45) is 4.99 Å². The van der Waals surface area contributed by atoms with Crippen LogP contribution in [0.15, 0.2) is 35.3 Å². The lowest BCUT2D eigenvalue weighted by Gasteiger charge is -2.17. The van der Waals surface area contributed by atoms with E-state index in [0.29, 0.717) is 12.6 Å². The highest BCUT2D eigenvalue weighted by molar-refractivity contribution is 5.75. The lowest BCUT2D eigenvalue weighted by atomic mass is 10.1. The van der Waals surface area contributed by atoms with E-state index >= 15 is 0 Å². The number of rotatable bonds is 4. The minimum atomic E-state index is 0.148. The van der Waals surface area contributed by atoms with E-state index in [1.54, 1.807) is 7.05 Å². The Kier molecular flexibility index (Phi) is 3.85. The van der Waals surface area contributed by atoms with Crippen LogP contribution in [0.5, 0.6) is 5.75 Å². The highest BCUT2D eigenvalue weighted by atomic mass is 16.5. The van der Waals surface area contributed by atoms with E-state index in [1.807, 2.05) is 30.3 Å². The second-order valence-corrected chi connectivity index (χ2v) is 4.16. The van der Waals surface area contributed by atoms with Gasteiger partial charge in [0.15, 0.2) is 0 Å². The third-order valence-electron chi connectivity index (χ3n) is 2.65. The molecule has 0 saturated carbocycles. The summed E-state index contributed by atoms with van der Waals surface area (Å²) in [6.45, 7) is 2.73. The zero-order valence-corrected chi connectivity index (χ0v) is 10.2. The second-order valence-electron chi connectivity index (χ2n) is 4.16. The summed E-state index contributed by atoms with van der Waals surface area (Å²) >= 11 is 0. The van der Waals surface area contributed by atoms with E-state index in [2.05, 4.69) is 17.2 Å². The van der Waals surface area contributed by atoms with Crippen molar-refractivity contribution in [3.8, 4) is 5.75 Å².